The Kier molecular flexibility index (Phi) is 5.35. The average Bonchev–Trinajstić information content (AvgIpc) is 3.01. The summed E-state index contributed by atoms with van der Waals surface area (Å²) in [5.41, 5.74) is 0.839. The van der Waals surface area contributed by atoms with Gasteiger partial charge in [-0.25, -0.2) is 0 Å². The number of piperidine rings is 1. The van der Waals surface area contributed by atoms with Gasteiger partial charge in [-0.05, 0) is 57.3 Å². The van der Waals surface area contributed by atoms with Gasteiger partial charge in [-0.3, -0.25) is 4.79 Å². The van der Waals surface area contributed by atoms with Gasteiger partial charge in [-0.1, -0.05) is 6.42 Å². The van der Waals surface area contributed by atoms with Crippen molar-refractivity contribution < 1.29 is 4.79 Å². The number of hydrogen-bond acceptors (Lipinski definition) is 6. The molecule has 2 aromatic rings. The van der Waals surface area contributed by atoms with Crippen LogP contribution in [0.25, 0.3) is 5.65 Å². The summed E-state index contributed by atoms with van der Waals surface area (Å²) < 4.78 is 1.96. The number of nitrogens with zero attached hydrogens (tertiary/aromatic N) is 7. The fourth-order valence-electron chi connectivity index (χ4n) is 4.72. The third-order valence-corrected chi connectivity index (χ3v) is 6.76. The van der Waals surface area contributed by atoms with E-state index in [1.807, 2.05) is 10.6 Å². The van der Waals surface area contributed by atoms with E-state index < -0.39 is 0 Å². The Bertz CT molecular complexity index is 854. The van der Waals surface area contributed by atoms with Gasteiger partial charge in [-0.2, -0.15) is 4.52 Å². The molecule has 2 aromatic heterocycles. The van der Waals surface area contributed by atoms with Gasteiger partial charge in [0.15, 0.2) is 11.5 Å². The summed E-state index contributed by atoms with van der Waals surface area (Å²) in [6.45, 7) is 7.07. The fraction of sp³-hybridized carbons (Fsp3) is 0.714. The van der Waals surface area contributed by atoms with Crippen LogP contribution in [0.5, 0.6) is 0 Å². The van der Waals surface area contributed by atoms with Crippen LogP contribution in [-0.2, 0) is 4.79 Å². The highest BCUT2D eigenvalue weighted by Crippen LogP contribution is 2.28. The Morgan fingerprint density at radius 1 is 0.897 bits per heavy atom. The van der Waals surface area contributed by atoms with Crippen molar-refractivity contribution in [3.63, 3.8) is 0 Å². The van der Waals surface area contributed by atoms with Crippen molar-refractivity contribution in [2.24, 2.45) is 0 Å². The van der Waals surface area contributed by atoms with Crippen molar-refractivity contribution in [2.75, 3.05) is 50.7 Å². The summed E-state index contributed by atoms with van der Waals surface area (Å²) in [7, 11) is 0. The highest BCUT2D eigenvalue weighted by molar-refractivity contribution is 5.76. The molecule has 8 nitrogen and oxygen atoms in total. The first-order valence-corrected chi connectivity index (χ1v) is 11.3. The van der Waals surface area contributed by atoms with Crippen LogP contribution in [0.2, 0.25) is 0 Å². The zero-order valence-electron chi connectivity index (χ0n) is 17.2. The first-order chi connectivity index (χ1) is 14.3. The average molecular weight is 398 g/mol. The molecule has 0 saturated carbocycles. The van der Waals surface area contributed by atoms with Gasteiger partial charge in [0.1, 0.15) is 5.82 Å². The molecule has 3 fully saturated rings. The summed E-state index contributed by atoms with van der Waals surface area (Å²) >= 11 is 0. The molecule has 156 valence electrons. The molecular formula is C21H31N7O. The van der Waals surface area contributed by atoms with Crippen molar-refractivity contribution in [3.8, 4) is 0 Å². The van der Waals surface area contributed by atoms with E-state index in [9.17, 15) is 4.79 Å². The standard InChI is InChI=1S/C21H31N7O/c29-20-5-2-1-3-10-27(20)16-15-25-13-8-17(9-14-25)21-23-22-18-6-7-19(24-28(18)21)26-11-4-12-26/h6-7,17H,1-5,8-16H2. The highest BCUT2D eigenvalue weighted by Gasteiger charge is 2.26. The van der Waals surface area contributed by atoms with E-state index in [0.29, 0.717) is 11.8 Å². The van der Waals surface area contributed by atoms with Crippen LogP contribution < -0.4 is 4.90 Å². The van der Waals surface area contributed by atoms with Crippen LogP contribution in [0.4, 0.5) is 5.82 Å². The Balaban J connectivity index is 1.19. The van der Waals surface area contributed by atoms with E-state index in [1.165, 1.54) is 12.8 Å². The SMILES string of the molecule is O=C1CCCCCN1CCN1CCC(c2nnc3ccc(N4CCC4)nn23)CC1. The van der Waals surface area contributed by atoms with Crippen LogP contribution in [0.3, 0.4) is 0 Å². The molecule has 29 heavy (non-hydrogen) atoms. The van der Waals surface area contributed by atoms with Crippen molar-refractivity contribution in [3.05, 3.63) is 18.0 Å². The van der Waals surface area contributed by atoms with E-state index in [-0.39, 0.29) is 0 Å². The molecule has 0 unspecified atom stereocenters. The lowest BCUT2D eigenvalue weighted by molar-refractivity contribution is -0.130. The zero-order valence-corrected chi connectivity index (χ0v) is 17.2. The quantitative estimate of drug-likeness (QED) is 0.768. The predicted molar refractivity (Wildman–Crippen MR) is 111 cm³/mol. The van der Waals surface area contributed by atoms with Gasteiger partial charge < -0.3 is 14.7 Å². The number of rotatable bonds is 5. The number of carbonyl (C=O) groups is 1. The van der Waals surface area contributed by atoms with Crippen molar-refractivity contribution in [2.45, 2.75) is 50.9 Å². The molecular weight excluding hydrogens is 366 g/mol. The molecule has 3 aliphatic rings. The topological polar surface area (TPSA) is 69.9 Å². The van der Waals surface area contributed by atoms with Gasteiger partial charge in [0.25, 0.3) is 0 Å². The normalized spacial score (nSPS) is 22.1. The fourth-order valence-corrected chi connectivity index (χ4v) is 4.72. The summed E-state index contributed by atoms with van der Waals surface area (Å²) in [6, 6.07) is 4.09. The number of likely N-dealkylation sites (tertiary alicyclic amines) is 2. The molecule has 0 atom stereocenters. The Hall–Kier alpha value is -2.22. The minimum Gasteiger partial charge on any atom is -0.355 e. The molecule has 5 heterocycles. The first-order valence-electron chi connectivity index (χ1n) is 11.3. The van der Waals surface area contributed by atoms with Crippen LogP contribution >= 0.6 is 0 Å². The van der Waals surface area contributed by atoms with Crippen LogP contribution in [0.15, 0.2) is 12.1 Å². The maximum Gasteiger partial charge on any atom is 0.222 e. The molecule has 1 amide bonds. The van der Waals surface area contributed by atoms with Gasteiger partial charge in [0.2, 0.25) is 5.91 Å². The highest BCUT2D eigenvalue weighted by atomic mass is 16.2. The molecule has 0 bridgehead atoms. The minimum atomic E-state index is 0.344. The summed E-state index contributed by atoms with van der Waals surface area (Å²) in [4.78, 5) is 19.1. The minimum absolute atomic E-state index is 0.344. The maximum atomic E-state index is 12.2. The third-order valence-electron chi connectivity index (χ3n) is 6.76. The predicted octanol–water partition coefficient (Wildman–Crippen LogP) is 1.92. The molecule has 8 heteroatoms. The van der Waals surface area contributed by atoms with Gasteiger partial charge in [0.05, 0.1) is 0 Å². The molecule has 0 N–H and O–H groups in total. The van der Waals surface area contributed by atoms with E-state index in [2.05, 4.69) is 31.0 Å². The van der Waals surface area contributed by atoms with Crippen LogP contribution in [0.1, 0.15) is 56.7 Å². The number of carbonyl (C=O) groups excluding carboxylic acids is 1. The largest absolute Gasteiger partial charge is 0.355 e. The van der Waals surface area contributed by atoms with E-state index >= 15 is 0 Å². The van der Waals surface area contributed by atoms with Gasteiger partial charge >= 0.3 is 0 Å². The lowest BCUT2D eigenvalue weighted by Crippen LogP contribution is -2.41. The second-order valence-corrected chi connectivity index (χ2v) is 8.67. The van der Waals surface area contributed by atoms with E-state index in [0.717, 1.165) is 95.2 Å². The zero-order chi connectivity index (χ0) is 19.6. The van der Waals surface area contributed by atoms with Crippen molar-refractivity contribution in [1.82, 2.24) is 29.6 Å². The Labute approximate surface area is 171 Å². The molecule has 3 aliphatic heterocycles. The molecule has 0 aromatic carbocycles. The molecule has 0 spiro atoms. The summed E-state index contributed by atoms with van der Waals surface area (Å²) in [5, 5.41) is 13.7. The second kappa shape index (κ2) is 8.26. The maximum absolute atomic E-state index is 12.2. The second-order valence-electron chi connectivity index (χ2n) is 8.67. The number of aromatic nitrogens is 4. The smallest absolute Gasteiger partial charge is 0.222 e. The molecule has 0 radical (unpaired) electrons. The number of amides is 1. The van der Waals surface area contributed by atoms with Crippen molar-refractivity contribution >= 4 is 17.4 Å². The number of anilines is 1. The molecule has 0 aliphatic carbocycles. The van der Waals surface area contributed by atoms with Gasteiger partial charge in [-0.15, -0.1) is 15.3 Å². The molecule has 5 rings (SSSR count). The van der Waals surface area contributed by atoms with E-state index in [4.69, 9.17) is 5.10 Å². The number of hydrogen-bond donors (Lipinski definition) is 0. The molecule has 3 saturated heterocycles. The van der Waals surface area contributed by atoms with E-state index in [1.54, 1.807) is 0 Å². The third kappa shape index (κ3) is 3.95. The summed E-state index contributed by atoms with van der Waals surface area (Å²) in [6.07, 6.45) is 7.52. The summed E-state index contributed by atoms with van der Waals surface area (Å²) in [5.74, 6) is 2.78. The van der Waals surface area contributed by atoms with Gasteiger partial charge in [0, 0.05) is 45.1 Å². The lowest BCUT2D eigenvalue weighted by Gasteiger charge is -2.33. The van der Waals surface area contributed by atoms with Crippen LogP contribution in [-0.4, -0.2) is 81.3 Å². The lowest BCUT2D eigenvalue weighted by atomic mass is 9.96. The Morgan fingerprint density at radius 2 is 1.76 bits per heavy atom. The van der Waals surface area contributed by atoms with Crippen LogP contribution in [0, 0.1) is 0 Å². The Morgan fingerprint density at radius 3 is 2.55 bits per heavy atom. The van der Waals surface area contributed by atoms with Crippen molar-refractivity contribution in [1.29, 1.82) is 0 Å². The monoisotopic (exact) mass is 397 g/mol. The first kappa shape index (κ1) is 18.8. The number of fused-ring (bicyclic) bond motifs is 1.